The summed E-state index contributed by atoms with van der Waals surface area (Å²) in [5, 5.41) is 11.2. The molecule has 6 heteroatoms. The van der Waals surface area contributed by atoms with Crippen molar-refractivity contribution in [2.75, 3.05) is 5.32 Å². The molecule has 25 heavy (non-hydrogen) atoms. The molecule has 0 bridgehead atoms. The van der Waals surface area contributed by atoms with E-state index < -0.39 is 0 Å². The normalized spacial score (nSPS) is 13.7. The molecule has 0 unspecified atom stereocenters. The molecule has 1 aromatic carbocycles. The smallest absolute Gasteiger partial charge is 0.278 e. The third-order valence-corrected chi connectivity index (χ3v) is 4.44. The summed E-state index contributed by atoms with van der Waals surface area (Å²) in [5.74, 6) is 0.201. The van der Waals surface area contributed by atoms with Crippen LogP contribution in [0.4, 0.5) is 5.69 Å². The Morgan fingerprint density at radius 2 is 1.92 bits per heavy atom. The highest BCUT2D eigenvalue weighted by atomic mass is 16.2. The maximum Gasteiger partial charge on any atom is 0.278 e. The van der Waals surface area contributed by atoms with Crippen LogP contribution in [0.25, 0.3) is 5.69 Å². The number of benzene rings is 1. The highest BCUT2D eigenvalue weighted by molar-refractivity contribution is 6.03. The van der Waals surface area contributed by atoms with E-state index in [0.717, 1.165) is 29.9 Å². The van der Waals surface area contributed by atoms with E-state index in [-0.39, 0.29) is 5.91 Å². The first-order chi connectivity index (χ1) is 12.1. The molecule has 0 atom stereocenters. The predicted octanol–water partition coefficient (Wildman–Crippen LogP) is 3.41. The third-order valence-electron chi connectivity index (χ3n) is 4.44. The number of pyridine rings is 1. The lowest BCUT2D eigenvalue weighted by Gasteiger charge is -2.09. The summed E-state index contributed by atoms with van der Waals surface area (Å²) >= 11 is 0. The molecule has 3 aromatic rings. The molecule has 4 rings (SSSR count). The van der Waals surface area contributed by atoms with E-state index in [2.05, 4.69) is 20.6 Å². The number of hydrogen-bond acceptors (Lipinski definition) is 4. The van der Waals surface area contributed by atoms with Crippen molar-refractivity contribution in [3.63, 3.8) is 0 Å². The lowest BCUT2D eigenvalue weighted by molar-refractivity contribution is 0.102. The Morgan fingerprint density at radius 3 is 2.64 bits per heavy atom. The van der Waals surface area contributed by atoms with Gasteiger partial charge in [-0.2, -0.15) is 0 Å². The number of anilines is 1. The van der Waals surface area contributed by atoms with Gasteiger partial charge in [0.1, 0.15) is 0 Å². The summed E-state index contributed by atoms with van der Waals surface area (Å²) in [4.78, 5) is 17.1. The number of nitrogens with one attached hydrogen (secondary N) is 1. The van der Waals surface area contributed by atoms with Gasteiger partial charge in [-0.3, -0.25) is 9.78 Å². The largest absolute Gasteiger partial charge is 0.319 e. The van der Waals surface area contributed by atoms with Crippen molar-refractivity contribution in [2.24, 2.45) is 0 Å². The number of aromatic nitrogens is 4. The molecule has 0 radical (unpaired) electrons. The molecular weight excluding hydrogens is 314 g/mol. The van der Waals surface area contributed by atoms with E-state index in [9.17, 15) is 4.79 Å². The molecule has 2 aromatic heterocycles. The maximum atomic E-state index is 12.7. The monoisotopic (exact) mass is 333 g/mol. The molecule has 1 saturated carbocycles. The van der Waals surface area contributed by atoms with Gasteiger partial charge in [0, 0.05) is 12.1 Å². The lowest BCUT2D eigenvalue weighted by atomic mass is 10.2. The molecule has 1 aliphatic rings. The van der Waals surface area contributed by atoms with Gasteiger partial charge in [-0.05, 0) is 51.0 Å². The zero-order chi connectivity index (χ0) is 17.4. The van der Waals surface area contributed by atoms with Crippen LogP contribution in [-0.4, -0.2) is 25.9 Å². The first kappa shape index (κ1) is 15.5. The Labute approximate surface area is 145 Å². The van der Waals surface area contributed by atoms with E-state index in [4.69, 9.17) is 0 Å². The van der Waals surface area contributed by atoms with Gasteiger partial charge in [0.05, 0.1) is 22.8 Å². The second kappa shape index (κ2) is 6.12. The number of carbonyl (C=O) groups excluding carboxylic acids is 1. The standard InChI is InChI=1S/C19H19N5O/c1-12-5-9-15(10-6-12)24-13(2)17(22-23-24)19(25)21-16-4-3-11-20-18(16)14-7-8-14/h3-6,9-11,14H,7-8H2,1-2H3,(H,21,25). The number of aryl methyl sites for hydroxylation is 1. The van der Waals surface area contributed by atoms with Gasteiger partial charge >= 0.3 is 0 Å². The van der Waals surface area contributed by atoms with Gasteiger partial charge < -0.3 is 5.32 Å². The van der Waals surface area contributed by atoms with Crippen molar-refractivity contribution >= 4 is 11.6 Å². The van der Waals surface area contributed by atoms with E-state index in [1.807, 2.05) is 50.2 Å². The Bertz CT molecular complexity index is 925. The lowest BCUT2D eigenvalue weighted by Crippen LogP contribution is -2.15. The SMILES string of the molecule is Cc1ccc(-n2nnc(C(=O)Nc3cccnc3C3CC3)c2C)cc1. The Morgan fingerprint density at radius 1 is 1.16 bits per heavy atom. The van der Waals surface area contributed by atoms with Crippen LogP contribution < -0.4 is 5.32 Å². The van der Waals surface area contributed by atoms with Crippen molar-refractivity contribution in [3.05, 3.63) is 65.2 Å². The summed E-state index contributed by atoms with van der Waals surface area (Å²) in [7, 11) is 0. The molecule has 0 spiro atoms. The van der Waals surface area contributed by atoms with Gasteiger partial charge in [-0.1, -0.05) is 22.9 Å². The predicted molar refractivity (Wildman–Crippen MR) is 95.0 cm³/mol. The van der Waals surface area contributed by atoms with Crippen LogP contribution in [-0.2, 0) is 0 Å². The summed E-state index contributed by atoms with van der Waals surface area (Å²) in [6.45, 7) is 3.88. The van der Waals surface area contributed by atoms with E-state index in [0.29, 0.717) is 17.3 Å². The van der Waals surface area contributed by atoms with Gasteiger partial charge in [0.25, 0.3) is 5.91 Å². The van der Waals surface area contributed by atoms with Crippen LogP contribution >= 0.6 is 0 Å². The highest BCUT2D eigenvalue weighted by Crippen LogP contribution is 2.42. The summed E-state index contributed by atoms with van der Waals surface area (Å²) < 4.78 is 1.68. The molecule has 1 aliphatic carbocycles. The third kappa shape index (κ3) is 3.03. The summed E-state index contributed by atoms with van der Waals surface area (Å²) in [5.41, 5.74) is 4.81. The highest BCUT2D eigenvalue weighted by Gasteiger charge is 2.28. The number of amides is 1. The molecule has 1 fully saturated rings. The van der Waals surface area contributed by atoms with Gasteiger partial charge in [0.15, 0.2) is 5.69 Å². The van der Waals surface area contributed by atoms with Crippen molar-refractivity contribution in [2.45, 2.75) is 32.6 Å². The maximum absolute atomic E-state index is 12.7. The van der Waals surface area contributed by atoms with Gasteiger partial charge in [0.2, 0.25) is 0 Å². The van der Waals surface area contributed by atoms with E-state index >= 15 is 0 Å². The fourth-order valence-corrected chi connectivity index (χ4v) is 2.86. The zero-order valence-electron chi connectivity index (χ0n) is 14.2. The number of rotatable bonds is 4. The van der Waals surface area contributed by atoms with Crippen molar-refractivity contribution in [1.82, 2.24) is 20.0 Å². The minimum absolute atomic E-state index is 0.259. The fourth-order valence-electron chi connectivity index (χ4n) is 2.86. The number of hydrogen-bond donors (Lipinski definition) is 1. The van der Waals surface area contributed by atoms with Crippen LogP contribution in [0.5, 0.6) is 0 Å². The Hall–Kier alpha value is -3.02. The molecule has 126 valence electrons. The van der Waals surface area contributed by atoms with Gasteiger partial charge in [-0.15, -0.1) is 5.10 Å². The minimum atomic E-state index is -0.259. The molecule has 1 N–H and O–H groups in total. The minimum Gasteiger partial charge on any atom is -0.319 e. The van der Waals surface area contributed by atoms with Crippen LogP contribution in [0.2, 0.25) is 0 Å². The summed E-state index contributed by atoms with van der Waals surface area (Å²) in [6.07, 6.45) is 4.02. The fraction of sp³-hybridized carbons (Fsp3) is 0.263. The molecule has 2 heterocycles. The zero-order valence-corrected chi connectivity index (χ0v) is 14.2. The first-order valence-electron chi connectivity index (χ1n) is 8.39. The van der Waals surface area contributed by atoms with Crippen molar-refractivity contribution < 1.29 is 4.79 Å². The van der Waals surface area contributed by atoms with Crippen LogP contribution in [0.15, 0.2) is 42.6 Å². The van der Waals surface area contributed by atoms with E-state index in [1.165, 1.54) is 5.56 Å². The van der Waals surface area contributed by atoms with Crippen LogP contribution in [0.3, 0.4) is 0 Å². The average molecular weight is 333 g/mol. The Kier molecular flexibility index (Phi) is 3.80. The molecule has 0 aliphatic heterocycles. The number of carbonyl (C=O) groups is 1. The van der Waals surface area contributed by atoms with Crippen molar-refractivity contribution in [3.8, 4) is 5.69 Å². The average Bonchev–Trinajstić information content (AvgIpc) is 3.38. The molecule has 6 nitrogen and oxygen atoms in total. The topological polar surface area (TPSA) is 72.7 Å². The van der Waals surface area contributed by atoms with Gasteiger partial charge in [-0.25, -0.2) is 4.68 Å². The summed E-state index contributed by atoms with van der Waals surface area (Å²) in [6, 6.07) is 11.7. The van der Waals surface area contributed by atoms with Crippen molar-refractivity contribution in [1.29, 1.82) is 0 Å². The van der Waals surface area contributed by atoms with E-state index in [1.54, 1.807) is 10.9 Å². The second-order valence-electron chi connectivity index (χ2n) is 6.44. The quantitative estimate of drug-likeness (QED) is 0.794. The Balaban J connectivity index is 1.60. The number of nitrogens with zero attached hydrogens (tertiary/aromatic N) is 4. The first-order valence-corrected chi connectivity index (χ1v) is 8.39. The molecule has 0 saturated heterocycles. The molecular formula is C19H19N5O. The van der Waals surface area contributed by atoms with Crippen LogP contribution in [0, 0.1) is 13.8 Å². The second-order valence-corrected chi connectivity index (χ2v) is 6.44. The van der Waals surface area contributed by atoms with Crippen LogP contribution in [0.1, 0.15) is 46.2 Å². The molecule has 1 amide bonds.